The normalized spacial score (nSPS) is 17.9. The Hall–Kier alpha value is -5.10. The summed E-state index contributed by atoms with van der Waals surface area (Å²) in [6.45, 7) is 4.57. The van der Waals surface area contributed by atoms with Crippen molar-refractivity contribution in [3.05, 3.63) is 94.2 Å². The van der Waals surface area contributed by atoms with Gasteiger partial charge in [-0.1, -0.05) is 30.3 Å². The van der Waals surface area contributed by atoms with Gasteiger partial charge in [-0.25, -0.2) is 24.3 Å². The molecular weight excluding hydrogens is 575 g/mol. The first kappa shape index (κ1) is 28.7. The van der Waals surface area contributed by atoms with E-state index in [0.29, 0.717) is 61.8 Å². The van der Waals surface area contributed by atoms with Crippen LogP contribution in [-0.2, 0) is 24.1 Å². The lowest BCUT2D eigenvalue weighted by Gasteiger charge is -2.37. The molecule has 0 radical (unpaired) electrons. The van der Waals surface area contributed by atoms with Crippen molar-refractivity contribution in [1.82, 2.24) is 24.8 Å². The van der Waals surface area contributed by atoms with Gasteiger partial charge in [0.2, 0.25) is 5.95 Å². The van der Waals surface area contributed by atoms with Crippen molar-refractivity contribution in [1.29, 1.82) is 0 Å². The Morgan fingerprint density at radius 3 is 2.69 bits per heavy atom. The number of nitrogens with two attached hydrogens (primary N) is 1. The molecule has 7 rings (SSSR count). The van der Waals surface area contributed by atoms with Gasteiger partial charge < -0.3 is 20.3 Å². The van der Waals surface area contributed by atoms with E-state index in [1.807, 2.05) is 18.2 Å². The maximum absolute atomic E-state index is 15.2. The van der Waals surface area contributed by atoms with Crippen LogP contribution in [0.15, 0.2) is 59.9 Å². The predicted molar refractivity (Wildman–Crippen MR) is 166 cm³/mol. The summed E-state index contributed by atoms with van der Waals surface area (Å²) in [5.41, 5.74) is 10.8. The summed E-state index contributed by atoms with van der Waals surface area (Å²) in [7, 11) is 0. The van der Waals surface area contributed by atoms with E-state index >= 15 is 4.39 Å². The van der Waals surface area contributed by atoms with Gasteiger partial charge in [0.05, 0.1) is 42.6 Å². The SMILES string of the molecule is C[C@H]1COCCN1c1nc(-c2cnc(N)nc2)nc2c1CCN(C(=O)c1cc(CC3=NCC(=O)c4ccccc43)ccc1F)C2. The van der Waals surface area contributed by atoms with Crippen LogP contribution in [-0.4, -0.2) is 81.1 Å². The molecule has 0 saturated carbocycles. The number of Topliss-reactive ketones (excluding diaryl/α,β-unsaturated/α-hetero) is 1. The molecule has 3 aliphatic heterocycles. The molecule has 2 N–H and O–H groups in total. The Bertz CT molecular complexity index is 1840. The number of hydrogen-bond donors (Lipinski definition) is 1. The number of amides is 1. The van der Waals surface area contributed by atoms with Crippen molar-refractivity contribution >= 4 is 29.2 Å². The van der Waals surface area contributed by atoms with Crippen molar-refractivity contribution in [3.63, 3.8) is 0 Å². The lowest BCUT2D eigenvalue weighted by molar-refractivity contribution is 0.0726. The third-order valence-corrected chi connectivity index (χ3v) is 8.48. The Labute approximate surface area is 259 Å². The fourth-order valence-electron chi connectivity index (χ4n) is 6.12. The standard InChI is InChI=1S/C33H31FN8O3/c1-19-18-45-11-10-42(19)31-24-8-9-41(17-28(24)39-30(40-31)21-14-37-33(35)38-15-21)32(44)25-12-20(6-7-26(25)34)13-27-22-4-2-3-5-23(22)29(43)16-36-27/h2-7,12,14-15,19H,8-11,13,16-18H2,1H3,(H2,35,37,38)/t19-/m0/s1. The molecule has 0 unspecified atom stereocenters. The number of aromatic nitrogens is 4. The summed E-state index contributed by atoms with van der Waals surface area (Å²) in [6.07, 6.45) is 4.04. The quantitative estimate of drug-likeness (QED) is 0.362. The summed E-state index contributed by atoms with van der Waals surface area (Å²) >= 11 is 0. The number of hydrogen-bond acceptors (Lipinski definition) is 10. The first-order chi connectivity index (χ1) is 21.9. The van der Waals surface area contributed by atoms with Crippen LogP contribution in [0.2, 0.25) is 0 Å². The number of anilines is 2. The van der Waals surface area contributed by atoms with E-state index in [1.165, 1.54) is 6.07 Å². The zero-order valence-corrected chi connectivity index (χ0v) is 24.7. The number of carbonyl (C=O) groups is 2. The van der Waals surface area contributed by atoms with Crippen LogP contribution >= 0.6 is 0 Å². The molecular formula is C33H31FN8O3. The molecule has 2 aromatic carbocycles. The molecule has 12 heteroatoms. The Morgan fingerprint density at radius 1 is 1.09 bits per heavy atom. The van der Waals surface area contributed by atoms with E-state index in [-0.39, 0.29) is 36.4 Å². The average molecular weight is 607 g/mol. The number of morpholine rings is 1. The number of carbonyl (C=O) groups excluding carboxylic acids is 2. The van der Waals surface area contributed by atoms with E-state index in [0.717, 1.165) is 28.2 Å². The fraction of sp³-hybridized carbons (Fsp3) is 0.303. The number of benzene rings is 2. The number of ether oxygens (including phenoxy) is 1. The molecule has 0 bridgehead atoms. The topological polar surface area (TPSA) is 140 Å². The smallest absolute Gasteiger partial charge is 0.257 e. The van der Waals surface area contributed by atoms with Crippen molar-refractivity contribution in [2.75, 3.05) is 43.5 Å². The van der Waals surface area contributed by atoms with Gasteiger partial charge in [0, 0.05) is 54.3 Å². The zero-order chi connectivity index (χ0) is 31.1. The number of rotatable bonds is 5. The van der Waals surface area contributed by atoms with Gasteiger partial charge in [-0.15, -0.1) is 0 Å². The molecule has 3 aliphatic rings. The van der Waals surface area contributed by atoms with E-state index < -0.39 is 11.7 Å². The highest BCUT2D eigenvalue weighted by Crippen LogP contribution is 2.32. The highest BCUT2D eigenvalue weighted by atomic mass is 19.1. The number of nitrogen functional groups attached to an aromatic ring is 1. The van der Waals surface area contributed by atoms with E-state index in [1.54, 1.807) is 35.5 Å². The molecule has 2 aromatic heterocycles. The van der Waals surface area contributed by atoms with E-state index in [2.05, 4.69) is 26.8 Å². The maximum Gasteiger partial charge on any atom is 0.257 e. The van der Waals surface area contributed by atoms with Gasteiger partial charge in [-0.2, -0.15) is 0 Å². The monoisotopic (exact) mass is 606 g/mol. The number of halogens is 1. The van der Waals surface area contributed by atoms with Gasteiger partial charge in [0.1, 0.15) is 18.2 Å². The van der Waals surface area contributed by atoms with Gasteiger partial charge in [-0.05, 0) is 31.0 Å². The van der Waals surface area contributed by atoms with Gasteiger partial charge >= 0.3 is 0 Å². The van der Waals surface area contributed by atoms with Crippen molar-refractivity contribution in [2.45, 2.75) is 32.4 Å². The Balaban J connectivity index is 1.19. The molecule has 1 atom stereocenters. The van der Waals surface area contributed by atoms with Gasteiger partial charge in [0.15, 0.2) is 11.6 Å². The van der Waals surface area contributed by atoms with Crippen LogP contribution < -0.4 is 10.6 Å². The highest BCUT2D eigenvalue weighted by molar-refractivity contribution is 6.15. The first-order valence-corrected chi connectivity index (χ1v) is 14.9. The summed E-state index contributed by atoms with van der Waals surface area (Å²) in [5, 5.41) is 0. The van der Waals surface area contributed by atoms with Crippen molar-refractivity contribution in [2.24, 2.45) is 4.99 Å². The van der Waals surface area contributed by atoms with Crippen LogP contribution in [0.3, 0.4) is 0 Å². The van der Waals surface area contributed by atoms with Gasteiger partial charge in [0.25, 0.3) is 5.91 Å². The zero-order valence-electron chi connectivity index (χ0n) is 24.7. The summed E-state index contributed by atoms with van der Waals surface area (Å²) in [4.78, 5) is 52.5. The van der Waals surface area contributed by atoms with E-state index in [4.69, 9.17) is 20.4 Å². The molecule has 11 nitrogen and oxygen atoms in total. The molecule has 1 saturated heterocycles. The largest absolute Gasteiger partial charge is 0.377 e. The third-order valence-electron chi connectivity index (χ3n) is 8.48. The van der Waals surface area contributed by atoms with Crippen molar-refractivity contribution in [3.8, 4) is 11.4 Å². The highest BCUT2D eigenvalue weighted by Gasteiger charge is 2.32. The van der Waals surface area contributed by atoms with Crippen molar-refractivity contribution < 1.29 is 18.7 Å². The van der Waals surface area contributed by atoms with Crippen LogP contribution in [0.25, 0.3) is 11.4 Å². The fourth-order valence-corrected chi connectivity index (χ4v) is 6.12. The number of fused-ring (bicyclic) bond motifs is 2. The maximum atomic E-state index is 15.2. The molecule has 1 amide bonds. The summed E-state index contributed by atoms with van der Waals surface area (Å²) in [5.74, 6) is 0.330. The predicted octanol–water partition coefficient (Wildman–Crippen LogP) is 3.31. The second-order valence-corrected chi connectivity index (χ2v) is 11.4. The van der Waals surface area contributed by atoms with Gasteiger partial charge in [-0.3, -0.25) is 14.6 Å². The van der Waals surface area contributed by atoms with Crippen LogP contribution in [0.1, 0.15) is 50.0 Å². The number of ketones is 1. The molecule has 4 aromatic rings. The number of aliphatic imine (C=N–C) groups is 1. The first-order valence-electron chi connectivity index (χ1n) is 14.9. The third kappa shape index (κ3) is 5.53. The average Bonchev–Trinajstić information content (AvgIpc) is 3.06. The molecule has 45 heavy (non-hydrogen) atoms. The minimum atomic E-state index is -0.596. The molecule has 0 spiro atoms. The molecule has 1 fully saturated rings. The van der Waals surface area contributed by atoms with Crippen LogP contribution in [0, 0.1) is 5.82 Å². The minimum absolute atomic E-state index is 0.0139. The lowest BCUT2D eigenvalue weighted by atomic mass is 9.92. The van der Waals surface area contributed by atoms with Crippen LogP contribution in [0.4, 0.5) is 16.2 Å². The molecule has 228 valence electrons. The summed E-state index contributed by atoms with van der Waals surface area (Å²) < 4.78 is 20.9. The van der Waals surface area contributed by atoms with Crippen LogP contribution in [0.5, 0.6) is 0 Å². The minimum Gasteiger partial charge on any atom is -0.377 e. The second-order valence-electron chi connectivity index (χ2n) is 11.4. The second kappa shape index (κ2) is 11.8. The molecule has 5 heterocycles. The Morgan fingerprint density at radius 2 is 1.89 bits per heavy atom. The Kier molecular flexibility index (Phi) is 7.50. The molecule has 0 aliphatic carbocycles. The van der Waals surface area contributed by atoms with E-state index in [9.17, 15) is 9.59 Å². The lowest BCUT2D eigenvalue weighted by Crippen LogP contribution is -2.46. The summed E-state index contributed by atoms with van der Waals surface area (Å²) in [6, 6.07) is 12.0. The number of nitrogens with zero attached hydrogens (tertiary/aromatic N) is 7.